The van der Waals surface area contributed by atoms with E-state index in [1.807, 2.05) is 4.90 Å². The van der Waals surface area contributed by atoms with Gasteiger partial charge in [0.05, 0.1) is 6.07 Å². The van der Waals surface area contributed by atoms with Gasteiger partial charge in [0, 0.05) is 26.2 Å². The number of carbonyl (C=O) groups excluding carboxylic acids is 1. The lowest BCUT2D eigenvalue weighted by atomic mass is 9.74. The number of carbonyl (C=O) groups is 1. The second-order valence-electron chi connectivity index (χ2n) is 5.89. The molecule has 4 nitrogen and oxygen atoms in total. The average molecular weight is 263 g/mol. The molecule has 4 heteroatoms. The van der Waals surface area contributed by atoms with Crippen molar-refractivity contribution in [1.82, 2.24) is 9.80 Å². The Morgan fingerprint density at radius 3 is 2.32 bits per heavy atom. The van der Waals surface area contributed by atoms with E-state index in [1.165, 1.54) is 6.42 Å². The third-order valence-corrected chi connectivity index (χ3v) is 4.53. The van der Waals surface area contributed by atoms with Crippen LogP contribution in [0.2, 0.25) is 0 Å². The first-order valence-corrected chi connectivity index (χ1v) is 7.65. The van der Waals surface area contributed by atoms with Crippen LogP contribution < -0.4 is 0 Å². The molecule has 19 heavy (non-hydrogen) atoms. The highest BCUT2D eigenvalue weighted by atomic mass is 16.2. The Morgan fingerprint density at radius 1 is 1.16 bits per heavy atom. The predicted molar refractivity (Wildman–Crippen MR) is 74.4 cm³/mol. The normalized spacial score (nSPS) is 23.9. The fourth-order valence-electron chi connectivity index (χ4n) is 3.32. The molecule has 0 N–H and O–H groups in total. The van der Waals surface area contributed by atoms with E-state index < -0.39 is 5.41 Å². The van der Waals surface area contributed by atoms with Gasteiger partial charge in [-0.25, -0.2) is 0 Å². The Hall–Kier alpha value is -1.08. The molecule has 2 fully saturated rings. The van der Waals surface area contributed by atoms with Gasteiger partial charge < -0.3 is 4.90 Å². The van der Waals surface area contributed by atoms with Crippen molar-refractivity contribution in [3.8, 4) is 6.07 Å². The molecule has 1 saturated heterocycles. The third kappa shape index (κ3) is 3.09. The van der Waals surface area contributed by atoms with Gasteiger partial charge in [0.15, 0.2) is 0 Å². The first-order valence-electron chi connectivity index (χ1n) is 7.65. The molecule has 1 amide bonds. The summed E-state index contributed by atoms with van der Waals surface area (Å²) in [7, 11) is 0. The summed E-state index contributed by atoms with van der Waals surface area (Å²) < 4.78 is 0. The quantitative estimate of drug-likeness (QED) is 0.782. The highest BCUT2D eigenvalue weighted by molar-refractivity contribution is 5.85. The molecule has 1 saturated carbocycles. The summed E-state index contributed by atoms with van der Waals surface area (Å²) in [5, 5.41) is 9.47. The van der Waals surface area contributed by atoms with Crippen LogP contribution in [-0.2, 0) is 4.79 Å². The van der Waals surface area contributed by atoms with E-state index in [9.17, 15) is 10.1 Å². The summed E-state index contributed by atoms with van der Waals surface area (Å²) in [6, 6.07) is 2.35. The molecule has 0 radical (unpaired) electrons. The largest absolute Gasteiger partial charge is 0.339 e. The number of nitriles is 1. The highest BCUT2D eigenvalue weighted by Gasteiger charge is 2.42. The van der Waals surface area contributed by atoms with E-state index in [0.29, 0.717) is 0 Å². The molecular weight excluding hydrogens is 238 g/mol. The Labute approximate surface area is 116 Å². The minimum atomic E-state index is -0.703. The van der Waals surface area contributed by atoms with Crippen LogP contribution in [-0.4, -0.2) is 48.4 Å². The maximum Gasteiger partial charge on any atom is 0.243 e. The standard InChI is InChI=1S/C15H25N3O/c1-2-8-17-9-11-18(12-10-17)14(19)15(13-16)6-4-3-5-7-15/h2-12H2,1H3. The van der Waals surface area contributed by atoms with Crippen molar-refractivity contribution < 1.29 is 4.79 Å². The number of rotatable bonds is 3. The maximum atomic E-state index is 12.7. The molecule has 0 bridgehead atoms. The summed E-state index contributed by atoms with van der Waals surface area (Å²) in [6.45, 7) is 6.81. The first-order chi connectivity index (χ1) is 9.22. The molecule has 106 valence electrons. The number of hydrogen-bond donors (Lipinski definition) is 0. The van der Waals surface area contributed by atoms with E-state index in [2.05, 4.69) is 17.9 Å². The number of nitrogens with zero attached hydrogens (tertiary/aromatic N) is 3. The summed E-state index contributed by atoms with van der Waals surface area (Å²) >= 11 is 0. The van der Waals surface area contributed by atoms with Gasteiger partial charge in [-0.15, -0.1) is 0 Å². The smallest absolute Gasteiger partial charge is 0.243 e. The molecule has 2 aliphatic rings. The Balaban J connectivity index is 1.95. The summed E-state index contributed by atoms with van der Waals surface area (Å²) in [5.74, 6) is 0.103. The predicted octanol–water partition coefficient (Wildman–Crippen LogP) is 2.01. The van der Waals surface area contributed by atoms with Crippen LogP contribution >= 0.6 is 0 Å². The number of amides is 1. The van der Waals surface area contributed by atoms with Crippen LogP contribution in [0.3, 0.4) is 0 Å². The third-order valence-electron chi connectivity index (χ3n) is 4.53. The zero-order valence-electron chi connectivity index (χ0n) is 12.0. The van der Waals surface area contributed by atoms with Gasteiger partial charge in [0.1, 0.15) is 5.41 Å². The van der Waals surface area contributed by atoms with Crippen molar-refractivity contribution in [3.05, 3.63) is 0 Å². The Bertz CT molecular complexity index is 347. The van der Waals surface area contributed by atoms with Crippen LogP contribution in [0, 0.1) is 16.7 Å². The van der Waals surface area contributed by atoms with Gasteiger partial charge in [-0.1, -0.05) is 26.2 Å². The topological polar surface area (TPSA) is 47.3 Å². The molecule has 1 aliphatic heterocycles. The molecule has 0 aromatic heterocycles. The van der Waals surface area contributed by atoms with Crippen molar-refractivity contribution in [1.29, 1.82) is 5.26 Å². The molecule has 1 heterocycles. The SMILES string of the molecule is CCCN1CCN(C(=O)C2(C#N)CCCCC2)CC1. The molecule has 0 unspecified atom stereocenters. The summed E-state index contributed by atoms with van der Waals surface area (Å²) in [5.41, 5.74) is -0.703. The molecule has 0 aromatic carbocycles. The van der Waals surface area contributed by atoms with Gasteiger partial charge in [0.25, 0.3) is 0 Å². The molecule has 0 atom stereocenters. The minimum Gasteiger partial charge on any atom is -0.339 e. The lowest BCUT2D eigenvalue weighted by Gasteiger charge is -2.39. The van der Waals surface area contributed by atoms with E-state index in [4.69, 9.17) is 0 Å². The van der Waals surface area contributed by atoms with Crippen molar-refractivity contribution in [2.24, 2.45) is 5.41 Å². The van der Waals surface area contributed by atoms with Crippen LogP contribution in [0.25, 0.3) is 0 Å². The van der Waals surface area contributed by atoms with E-state index in [1.54, 1.807) is 0 Å². The van der Waals surface area contributed by atoms with Crippen molar-refractivity contribution in [3.63, 3.8) is 0 Å². The van der Waals surface area contributed by atoms with Crippen LogP contribution in [0.4, 0.5) is 0 Å². The maximum absolute atomic E-state index is 12.7. The summed E-state index contributed by atoms with van der Waals surface area (Å²) in [4.78, 5) is 17.0. The molecule has 1 aliphatic carbocycles. The van der Waals surface area contributed by atoms with E-state index >= 15 is 0 Å². The van der Waals surface area contributed by atoms with Crippen LogP contribution in [0.15, 0.2) is 0 Å². The van der Waals surface area contributed by atoms with Gasteiger partial charge in [-0.3, -0.25) is 9.69 Å². The van der Waals surface area contributed by atoms with Gasteiger partial charge in [0.2, 0.25) is 5.91 Å². The average Bonchev–Trinajstić information content (AvgIpc) is 2.48. The van der Waals surface area contributed by atoms with Gasteiger partial charge >= 0.3 is 0 Å². The zero-order chi connectivity index (χ0) is 13.7. The Kier molecular flexibility index (Phi) is 4.81. The summed E-state index contributed by atoms with van der Waals surface area (Å²) in [6.07, 6.45) is 5.90. The van der Waals surface area contributed by atoms with Crippen LogP contribution in [0.5, 0.6) is 0 Å². The van der Waals surface area contributed by atoms with Gasteiger partial charge in [-0.2, -0.15) is 5.26 Å². The molecule has 2 rings (SSSR count). The monoisotopic (exact) mass is 263 g/mol. The fraction of sp³-hybridized carbons (Fsp3) is 0.867. The van der Waals surface area contributed by atoms with Crippen LogP contribution in [0.1, 0.15) is 45.4 Å². The molecule has 0 spiro atoms. The van der Waals surface area contributed by atoms with Gasteiger partial charge in [-0.05, 0) is 25.8 Å². The number of hydrogen-bond acceptors (Lipinski definition) is 3. The molecular formula is C15H25N3O. The number of piperazine rings is 1. The van der Waals surface area contributed by atoms with Crippen molar-refractivity contribution in [2.75, 3.05) is 32.7 Å². The second-order valence-corrected chi connectivity index (χ2v) is 5.89. The lowest BCUT2D eigenvalue weighted by molar-refractivity contribution is -0.142. The fourth-order valence-corrected chi connectivity index (χ4v) is 3.32. The van der Waals surface area contributed by atoms with E-state index in [0.717, 1.165) is 64.8 Å². The lowest BCUT2D eigenvalue weighted by Crippen LogP contribution is -2.53. The minimum absolute atomic E-state index is 0.103. The Morgan fingerprint density at radius 2 is 1.79 bits per heavy atom. The first kappa shape index (κ1) is 14.3. The van der Waals surface area contributed by atoms with E-state index in [-0.39, 0.29) is 5.91 Å². The zero-order valence-corrected chi connectivity index (χ0v) is 12.0. The van der Waals surface area contributed by atoms with Crippen molar-refractivity contribution in [2.45, 2.75) is 45.4 Å². The highest BCUT2D eigenvalue weighted by Crippen LogP contribution is 2.37. The second kappa shape index (κ2) is 6.38. The van der Waals surface area contributed by atoms with Crippen molar-refractivity contribution >= 4 is 5.91 Å². The molecule has 0 aromatic rings.